The van der Waals surface area contributed by atoms with Crippen molar-refractivity contribution in [2.75, 3.05) is 0 Å². The largest absolute Gasteiger partial charge is 0.393 e. The topological polar surface area (TPSA) is 60.7 Å². The van der Waals surface area contributed by atoms with Gasteiger partial charge in [-0.1, -0.05) is 52.0 Å². The van der Waals surface area contributed by atoms with Gasteiger partial charge in [-0.05, 0) is 91.6 Å². The van der Waals surface area contributed by atoms with Crippen LogP contribution in [0.1, 0.15) is 85.5 Å². The first kappa shape index (κ1) is 23.8. The molecule has 3 saturated carbocycles. The van der Waals surface area contributed by atoms with Crippen LogP contribution in [0.25, 0.3) is 0 Å². The average Bonchev–Trinajstić information content (AvgIpc) is 3.04. The zero-order valence-electron chi connectivity index (χ0n) is 19.6. The van der Waals surface area contributed by atoms with E-state index >= 15 is 0 Å². The van der Waals surface area contributed by atoms with Gasteiger partial charge in [0.25, 0.3) is 0 Å². The molecule has 170 valence electrons. The van der Waals surface area contributed by atoms with Gasteiger partial charge in [0.15, 0.2) is 0 Å². The van der Waals surface area contributed by atoms with Crippen molar-refractivity contribution < 1.29 is 15.3 Å². The number of allylic oxidation sites excluding steroid dienone is 3. The fourth-order valence-corrected chi connectivity index (χ4v) is 6.65. The molecule has 3 rings (SSSR count). The van der Waals surface area contributed by atoms with E-state index in [1.807, 2.05) is 0 Å². The third-order valence-electron chi connectivity index (χ3n) is 8.68. The molecule has 3 aliphatic carbocycles. The first-order valence-electron chi connectivity index (χ1n) is 12.3. The van der Waals surface area contributed by atoms with E-state index in [9.17, 15) is 15.3 Å². The Morgan fingerprint density at radius 1 is 1.13 bits per heavy atom. The molecule has 0 radical (unpaired) electrons. The van der Waals surface area contributed by atoms with Gasteiger partial charge < -0.3 is 15.3 Å². The number of fused-ring (bicyclic) bond motifs is 1. The minimum absolute atomic E-state index is 0.180. The fraction of sp³-hybridized carbons (Fsp3) is 0.778. The molecular weight excluding hydrogens is 372 g/mol. The summed E-state index contributed by atoms with van der Waals surface area (Å²) in [5.41, 5.74) is 3.69. The summed E-state index contributed by atoms with van der Waals surface area (Å²) in [4.78, 5) is 0. The second-order valence-electron chi connectivity index (χ2n) is 11.0. The number of hydrogen-bond acceptors (Lipinski definition) is 3. The lowest BCUT2D eigenvalue weighted by molar-refractivity contribution is 0.0717. The summed E-state index contributed by atoms with van der Waals surface area (Å²) < 4.78 is 0. The highest BCUT2D eigenvalue weighted by molar-refractivity contribution is 5.38. The Labute approximate surface area is 184 Å². The molecule has 30 heavy (non-hydrogen) atoms. The molecule has 0 aromatic heterocycles. The molecule has 0 aliphatic heterocycles. The molecule has 3 heteroatoms. The van der Waals surface area contributed by atoms with Gasteiger partial charge in [-0.3, -0.25) is 0 Å². The molecule has 2 unspecified atom stereocenters. The molecule has 0 aromatic carbocycles. The van der Waals surface area contributed by atoms with Crippen molar-refractivity contribution in [3.05, 3.63) is 35.5 Å². The molecule has 0 amide bonds. The van der Waals surface area contributed by atoms with Crippen molar-refractivity contribution >= 4 is 0 Å². The average molecular weight is 417 g/mol. The Bertz CT molecular complexity index is 676. The second kappa shape index (κ2) is 9.71. The van der Waals surface area contributed by atoms with Crippen LogP contribution in [0.5, 0.6) is 0 Å². The summed E-state index contributed by atoms with van der Waals surface area (Å²) in [7, 11) is 0. The van der Waals surface area contributed by atoms with Gasteiger partial charge in [0.2, 0.25) is 0 Å². The lowest BCUT2D eigenvalue weighted by Crippen LogP contribution is -2.36. The van der Waals surface area contributed by atoms with Crippen LogP contribution in [0.2, 0.25) is 0 Å². The van der Waals surface area contributed by atoms with Gasteiger partial charge in [0, 0.05) is 6.42 Å². The fourth-order valence-electron chi connectivity index (χ4n) is 6.65. The highest BCUT2D eigenvalue weighted by atomic mass is 16.3. The normalized spacial score (nSPS) is 39.5. The van der Waals surface area contributed by atoms with Gasteiger partial charge in [-0.2, -0.15) is 0 Å². The van der Waals surface area contributed by atoms with Gasteiger partial charge >= 0.3 is 0 Å². The van der Waals surface area contributed by atoms with E-state index in [0.29, 0.717) is 36.0 Å². The van der Waals surface area contributed by atoms with E-state index in [0.717, 1.165) is 36.3 Å². The molecule has 0 bridgehead atoms. The molecule has 0 saturated heterocycles. The van der Waals surface area contributed by atoms with Crippen molar-refractivity contribution in [3.63, 3.8) is 0 Å². The molecule has 0 aromatic rings. The predicted molar refractivity (Wildman–Crippen MR) is 124 cm³/mol. The maximum absolute atomic E-state index is 10.3. The van der Waals surface area contributed by atoms with Crippen molar-refractivity contribution in [1.82, 2.24) is 0 Å². The summed E-state index contributed by atoms with van der Waals surface area (Å²) in [6.45, 7) is 13.2. The molecule has 0 spiro atoms. The van der Waals surface area contributed by atoms with Crippen LogP contribution in [0.4, 0.5) is 0 Å². The van der Waals surface area contributed by atoms with Crippen molar-refractivity contribution in [2.45, 2.75) is 104 Å². The van der Waals surface area contributed by atoms with Gasteiger partial charge in [0.05, 0.1) is 18.3 Å². The zero-order chi connectivity index (χ0) is 22.1. The van der Waals surface area contributed by atoms with Gasteiger partial charge in [-0.15, -0.1) is 0 Å². The molecule has 3 nitrogen and oxygen atoms in total. The van der Waals surface area contributed by atoms with Crippen molar-refractivity contribution in [1.29, 1.82) is 0 Å². The molecule has 3 fully saturated rings. The van der Waals surface area contributed by atoms with Crippen LogP contribution in [0.15, 0.2) is 35.5 Å². The van der Waals surface area contributed by atoms with E-state index in [2.05, 4.69) is 46.4 Å². The third-order valence-corrected chi connectivity index (χ3v) is 8.68. The Morgan fingerprint density at radius 2 is 1.87 bits per heavy atom. The smallest absolute Gasteiger partial charge is 0.0811 e. The summed E-state index contributed by atoms with van der Waals surface area (Å²) >= 11 is 0. The maximum Gasteiger partial charge on any atom is 0.0811 e. The SMILES string of the molecule is C=C1/C(=C\C=C2/CCC[C@]3(C)C([C@H](C)CCC(O)C(C)C)CC[C@@H]23)C[C@H](O)C[C@@H]1O. The minimum Gasteiger partial charge on any atom is -0.393 e. The number of aliphatic hydroxyl groups is 3. The quantitative estimate of drug-likeness (QED) is 0.531. The summed E-state index contributed by atoms with van der Waals surface area (Å²) in [5, 5.41) is 30.4. The third kappa shape index (κ3) is 4.95. The van der Waals surface area contributed by atoms with Gasteiger partial charge in [-0.25, -0.2) is 0 Å². The Balaban J connectivity index is 1.72. The standard InChI is InChI=1S/C27H44O3/c1-17(2)25(29)13-8-18(3)23-11-12-24-20(7-6-14-27(23,24)5)9-10-21-15-22(28)16-26(30)19(21)4/h9-10,17-18,22-26,28-30H,4,6-8,11-16H2,1-3,5H3/b20-9+,21-10-/t18-,22+,23?,24+,25?,26+,27-/m1/s1. The minimum atomic E-state index is -0.618. The number of hydrogen-bond donors (Lipinski definition) is 3. The lowest BCUT2D eigenvalue weighted by Gasteiger charge is -2.44. The molecule has 3 N–H and O–H groups in total. The van der Waals surface area contributed by atoms with Crippen LogP contribution in [0.3, 0.4) is 0 Å². The summed E-state index contributed by atoms with van der Waals surface area (Å²) in [5.74, 6) is 2.35. The first-order chi connectivity index (χ1) is 14.1. The van der Waals surface area contributed by atoms with E-state index < -0.39 is 12.2 Å². The highest BCUT2D eigenvalue weighted by Gasteiger charge is 2.50. The Kier molecular flexibility index (Phi) is 7.69. The summed E-state index contributed by atoms with van der Waals surface area (Å²) in [6.07, 6.45) is 12.4. The predicted octanol–water partition coefficient (Wildman–Crippen LogP) is 5.56. The van der Waals surface area contributed by atoms with E-state index in [1.54, 1.807) is 5.57 Å². The van der Waals surface area contributed by atoms with Crippen LogP contribution >= 0.6 is 0 Å². The zero-order valence-corrected chi connectivity index (χ0v) is 19.6. The van der Waals surface area contributed by atoms with E-state index in [-0.39, 0.29) is 6.10 Å². The first-order valence-corrected chi connectivity index (χ1v) is 12.3. The molecule has 0 heterocycles. The van der Waals surface area contributed by atoms with Crippen LogP contribution in [0, 0.1) is 29.1 Å². The van der Waals surface area contributed by atoms with Crippen LogP contribution in [-0.2, 0) is 0 Å². The summed E-state index contributed by atoms with van der Waals surface area (Å²) in [6, 6.07) is 0. The highest BCUT2D eigenvalue weighted by Crippen LogP contribution is 2.60. The monoisotopic (exact) mass is 416 g/mol. The number of rotatable bonds is 6. The van der Waals surface area contributed by atoms with Crippen molar-refractivity contribution in [2.24, 2.45) is 29.1 Å². The van der Waals surface area contributed by atoms with Gasteiger partial charge in [0.1, 0.15) is 0 Å². The maximum atomic E-state index is 10.3. The molecule has 3 aliphatic rings. The van der Waals surface area contributed by atoms with Crippen molar-refractivity contribution in [3.8, 4) is 0 Å². The van der Waals surface area contributed by atoms with E-state index in [1.165, 1.54) is 25.7 Å². The van der Waals surface area contributed by atoms with E-state index in [4.69, 9.17) is 0 Å². The Morgan fingerprint density at radius 3 is 2.57 bits per heavy atom. The lowest BCUT2D eigenvalue weighted by atomic mass is 9.60. The number of aliphatic hydroxyl groups excluding tert-OH is 3. The van der Waals surface area contributed by atoms with Crippen LogP contribution < -0.4 is 0 Å². The molecule has 7 atom stereocenters. The molecular formula is C27H44O3. The Hall–Kier alpha value is -0.900. The van der Waals surface area contributed by atoms with Crippen LogP contribution in [-0.4, -0.2) is 33.6 Å². The second-order valence-corrected chi connectivity index (χ2v) is 11.0.